The SMILES string of the molecule is CCC(=O)c1ccc(F)c(C2CC2NC(=O)Nc2ccc(Br)cn2)c1OC(=O)c1cccc(N(C)C)c1. The van der Waals surface area contributed by atoms with Crippen molar-refractivity contribution in [3.63, 3.8) is 0 Å². The Morgan fingerprint density at radius 2 is 1.95 bits per heavy atom. The number of halogens is 2. The molecule has 0 aliphatic heterocycles. The molecule has 1 aromatic heterocycles. The fourth-order valence-corrected chi connectivity index (χ4v) is 4.18. The number of carbonyl (C=O) groups is 3. The van der Waals surface area contributed by atoms with E-state index in [1.165, 1.54) is 12.1 Å². The summed E-state index contributed by atoms with van der Waals surface area (Å²) < 4.78 is 21.6. The van der Waals surface area contributed by atoms with Crippen molar-refractivity contribution in [2.45, 2.75) is 31.7 Å². The van der Waals surface area contributed by atoms with Gasteiger partial charge in [-0.05, 0) is 64.8 Å². The number of benzene rings is 2. The molecule has 2 amide bonds. The van der Waals surface area contributed by atoms with Gasteiger partial charge < -0.3 is 15.0 Å². The zero-order valence-corrected chi connectivity index (χ0v) is 22.1. The fraction of sp³-hybridized carbons (Fsp3) is 0.259. The number of nitrogens with one attached hydrogen (secondary N) is 2. The van der Waals surface area contributed by atoms with E-state index >= 15 is 4.39 Å². The summed E-state index contributed by atoms with van der Waals surface area (Å²) in [5, 5.41) is 5.42. The van der Waals surface area contributed by atoms with Crippen LogP contribution in [0.4, 0.5) is 20.7 Å². The van der Waals surface area contributed by atoms with E-state index in [4.69, 9.17) is 4.74 Å². The van der Waals surface area contributed by atoms with Crippen LogP contribution in [0.15, 0.2) is 59.2 Å². The van der Waals surface area contributed by atoms with Crippen LogP contribution >= 0.6 is 15.9 Å². The molecule has 8 nitrogen and oxygen atoms in total. The van der Waals surface area contributed by atoms with E-state index in [-0.39, 0.29) is 34.6 Å². The van der Waals surface area contributed by atoms with Crippen LogP contribution in [-0.2, 0) is 0 Å². The molecule has 3 aromatic rings. The van der Waals surface area contributed by atoms with Gasteiger partial charge in [0.25, 0.3) is 0 Å². The van der Waals surface area contributed by atoms with E-state index in [1.807, 2.05) is 25.1 Å². The largest absolute Gasteiger partial charge is 0.422 e. The van der Waals surface area contributed by atoms with Gasteiger partial charge in [0.15, 0.2) is 5.78 Å². The number of hydrogen-bond acceptors (Lipinski definition) is 6. The highest BCUT2D eigenvalue weighted by Crippen LogP contribution is 2.47. The van der Waals surface area contributed by atoms with Crippen molar-refractivity contribution in [1.82, 2.24) is 10.3 Å². The first kappa shape index (κ1) is 26.3. The number of ether oxygens (including phenoxy) is 1. The molecular formula is C27H26BrFN4O4. The number of pyridine rings is 1. The van der Waals surface area contributed by atoms with Crippen molar-refractivity contribution in [2.24, 2.45) is 0 Å². The molecule has 1 fully saturated rings. The quantitative estimate of drug-likeness (QED) is 0.210. The number of carbonyl (C=O) groups excluding carboxylic acids is 3. The maximum Gasteiger partial charge on any atom is 0.343 e. The van der Waals surface area contributed by atoms with E-state index in [0.29, 0.717) is 12.2 Å². The molecule has 0 spiro atoms. The summed E-state index contributed by atoms with van der Waals surface area (Å²) in [7, 11) is 3.69. The summed E-state index contributed by atoms with van der Waals surface area (Å²) in [6.07, 6.45) is 2.12. The average Bonchev–Trinajstić information content (AvgIpc) is 3.63. The third kappa shape index (κ3) is 6.14. The molecular weight excluding hydrogens is 543 g/mol. The lowest BCUT2D eigenvalue weighted by Gasteiger charge is -2.17. The minimum atomic E-state index is -0.704. The normalized spacial score (nSPS) is 16.0. The van der Waals surface area contributed by atoms with E-state index in [2.05, 4.69) is 31.5 Å². The zero-order chi connectivity index (χ0) is 26.7. The minimum Gasteiger partial charge on any atom is -0.422 e. The predicted octanol–water partition coefficient (Wildman–Crippen LogP) is 5.54. The Morgan fingerprint density at radius 1 is 1.16 bits per heavy atom. The zero-order valence-electron chi connectivity index (χ0n) is 20.5. The molecule has 2 unspecified atom stereocenters. The Bertz CT molecular complexity index is 1350. The molecule has 2 aromatic carbocycles. The van der Waals surface area contributed by atoms with Crippen molar-refractivity contribution >= 4 is 45.2 Å². The number of ketones is 1. The molecule has 2 atom stereocenters. The van der Waals surface area contributed by atoms with Gasteiger partial charge in [-0.2, -0.15) is 0 Å². The van der Waals surface area contributed by atoms with Crippen LogP contribution in [0.3, 0.4) is 0 Å². The van der Waals surface area contributed by atoms with Gasteiger partial charge in [-0.25, -0.2) is 19.0 Å². The number of nitrogens with zero attached hydrogens (tertiary/aromatic N) is 2. The highest BCUT2D eigenvalue weighted by molar-refractivity contribution is 9.10. The highest BCUT2D eigenvalue weighted by atomic mass is 79.9. The molecule has 1 aliphatic carbocycles. The predicted molar refractivity (Wildman–Crippen MR) is 142 cm³/mol. The smallest absolute Gasteiger partial charge is 0.343 e. The van der Waals surface area contributed by atoms with E-state index < -0.39 is 29.8 Å². The van der Waals surface area contributed by atoms with Crippen LogP contribution in [0.2, 0.25) is 0 Å². The summed E-state index contributed by atoms with van der Waals surface area (Å²) in [6.45, 7) is 1.68. The highest BCUT2D eigenvalue weighted by Gasteiger charge is 2.44. The Labute approximate surface area is 222 Å². The van der Waals surface area contributed by atoms with Crippen LogP contribution in [0.25, 0.3) is 0 Å². The standard InChI is InChI=1S/C27H26BrFN4O4/c1-4-22(34)18-9-10-20(29)24(25(18)37-26(35)15-6-5-7-17(12-15)33(2)3)19-13-21(19)31-27(36)32-23-11-8-16(28)14-30-23/h5-12,14,19,21H,4,13H2,1-3H3,(H2,30,31,32,36). The van der Waals surface area contributed by atoms with Gasteiger partial charge in [-0.15, -0.1) is 0 Å². The molecule has 1 aliphatic rings. The third-order valence-corrected chi connectivity index (χ3v) is 6.47. The molecule has 192 valence electrons. The first-order chi connectivity index (χ1) is 17.7. The van der Waals surface area contributed by atoms with Crippen LogP contribution in [0.1, 0.15) is 52.0 Å². The number of urea groups is 1. The van der Waals surface area contributed by atoms with E-state index in [0.717, 1.165) is 10.2 Å². The molecule has 1 heterocycles. The van der Waals surface area contributed by atoms with Crippen molar-refractivity contribution in [3.05, 3.63) is 81.7 Å². The Morgan fingerprint density at radius 3 is 2.62 bits per heavy atom. The van der Waals surface area contributed by atoms with Gasteiger partial charge in [0.1, 0.15) is 17.4 Å². The number of amides is 2. The van der Waals surface area contributed by atoms with Crippen molar-refractivity contribution in [3.8, 4) is 5.75 Å². The Hall–Kier alpha value is -3.79. The van der Waals surface area contributed by atoms with Gasteiger partial charge in [0.2, 0.25) is 0 Å². The third-order valence-electron chi connectivity index (χ3n) is 6.00. The Balaban J connectivity index is 1.58. The lowest BCUT2D eigenvalue weighted by atomic mass is 9.99. The van der Waals surface area contributed by atoms with Crippen LogP contribution < -0.4 is 20.3 Å². The summed E-state index contributed by atoms with van der Waals surface area (Å²) in [5.74, 6) is -1.81. The molecule has 2 N–H and O–H groups in total. The molecule has 1 saturated carbocycles. The number of esters is 1. The van der Waals surface area contributed by atoms with Gasteiger partial charge in [0, 0.05) is 54.4 Å². The molecule has 10 heteroatoms. The average molecular weight is 569 g/mol. The van der Waals surface area contributed by atoms with Crippen molar-refractivity contribution in [1.29, 1.82) is 0 Å². The molecule has 4 rings (SSSR count). The summed E-state index contributed by atoms with van der Waals surface area (Å²) in [5.41, 5.74) is 1.29. The lowest BCUT2D eigenvalue weighted by molar-refractivity contribution is 0.0730. The molecule has 0 bridgehead atoms. The van der Waals surface area contributed by atoms with Gasteiger partial charge in [-0.1, -0.05) is 13.0 Å². The number of Topliss-reactive ketones (excluding diaryl/α,β-unsaturated/α-hetero) is 1. The second kappa shape index (κ2) is 11.1. The summed E-state index contributed by atoms with van der Waals surface area (Å²) >= 11 is 3.28. The fourth-order valence-electron chi connectivity index (χ4n) is 3.95. The number of hydrogen-bond donors (Lipinski definition) is 2. The second-order valence-corrected chi connectivity index (χ2v) is 9.77. The van der Waals surface area contributed by atoms with Gasteiger partial charge in [-0.3, -0.25) is 10.1 Å². The van der Waals surface area contributed by atoms with E-state index in [9.17, 15) is 14.4 Å². The van der Waals surface area contributed by atoms with Crippen LogP contribution in [0, 0.1) is 5.82 Å². The first-order valence-corrected chi connectivity index (χ1v) is 12.5. The van der Waals surface area contributed by atoms with Gasteiger partial charge >= 0.3 is 12.0 Å². The van der Waals surface area contributed by atoms with E-state index in [1.54, 1.807) is 43.5 Å². The summed E-state index contributed by atoms with van der Waals surface area (Å²) in [4.78, 5) is 44.1. The monoisotopic (exact) mass is 568 g/mol. The number of aromatic nitrogens is 1. The topological polar surface area (TPSA) is 101 Å². The lowest BCUT2D eigenvalue weighted by Crippen LogP contribution is -2.31. The Kier molecular flexibility index (Phi) is 7.87. The molecule has 0 saturated heterocycles. The second-order valence-electron chi connectivity index (χ2n) is 8.86. The minimum absolute atomic E-state index is 0.100. The van der Waals surface area contributed by atoms with Crippen LogP contribution in [0.5, 0.6) is 5.75 Å². The number of rotatable bonds is 8. The van der Waals surface area contributed by atoms with Crippen molar-refractivity contribution < 1.29 is 23.5 Å². The van der Waals surface area contributed by atoms with Crippen LogP contribution in [-0.4, -0.2) is 42.9 Å². The summed E-state index contributed by atoms with van der Waals surface area (Å²) in [6, 6.07) is 11.8. The number of anilines is 2. The molecule has 37 heavy (non-hydrogen) atoms. The van der Waals surface area contributed by atoms with Gasteiger partial charge in [0.05, 0.1) is 11.1 Å². The molecule has 0 radical (unpaired) electrons. The van der Waals surface area contributed by atoms with Crippen molar-refractivity contribution in [2.75, 3.05) is 24.3 Å². The maximum absolute atomic E-state index is 15.2. The first-order valence-electron chi connectivity index (χ1n) is 11.7. The maximum atomic E-state index is 15.2.